The van der Waals surface area contributed by atoms with Crippen LogP contribution in [0.2, 0.25) is 0 Å². The van der Waals surface area contributed by atoms with E-state index in [-0.39, 0.29) is 0 Å². The van der Waals surface area contributed by atoms with Gasteiger partial charge in [-0.25, -0.2) is 0 Å². The van der Waals surface area contributed by atoms with Crippen LogP contribution in [0.5, 0.6) is 5.75 Å². The number of piperazine rings is 1. The predicted octanol–water partition coefficient (Wildman–Crippen LogP) is 2.54. The maximum absolute atomic E-state index is 5.60. The van der Waals surface area contributed by atoms with Gasteiger partial charge in [0.2, 0.25) is 0 Å². The number of ether oxygens (including phenoxy) is 1. The van der Waals surface area contributed by atoms with Crippen molar-refractivity contribution in [2.75, 3.05) is 32.8 Å². The molecule has 0 saturated carbocycles. The number of hydrogen-bond acceptors (Lipinski definition) is 3. The lowest BCUT2D eigenvalue weighted by atomic mass is 10.1. The Bertz CT molecular complexity index is 478. The summed E-state index contributed by atoms with van der Waals surface area (Å²) >= 11 is 0. The zero-order valence-electron chi connectivity index (χ0n) is 12.3. The molecule has 0 bridgehead atoms. The van der Waals surface area contributed by atoms with Crippen LogP contribution in [0.3, 0.4) is 0 Å². The smallest absolute Gasteiger partial charge is 0.119 e. The summed E-state index contributed by atoms with van der Waals surface area (Å²) < 4.78 is 5.60. The monoisotopic (exact) mass is 272 g/mol. The van der Waals surface area contributed by atoms with Crippen molar-refractivity contribution in [3.05, 3.63) is 35.9 Å². The van der Waals surface area contributed by atoms with E-state index in [0.29, 0.717) is 6.04 Å². The van der Waals surface area contributed by atoms with Gasteiger partial charge >= 0.3 is 0 Å². The standard InChI is InChI=1S/C17H24N2O/c1-2-20-17-5-3-4-14(13-17)15-6-7-16(12-15)19-10-8-18-9-11-19/h3-5,12-13,16,18H,2,6-11H2,1H3. The van der Waals surface area contributed by atoms with Crippen molar-refractivity contribution in [3.63, 3.8) is 0 Å². The van der Waals surface area contributed by atoms with Crippen LogP contribution in [0.15, 0.2) is 30.3 Å². The maximum Gasteiger partial charge on any atom is 0.119 e. The maximum atomic E-state index is 5.60. The summed E-state index contributed by atoms with van der Waals surface area (Å²) in [6.45, 7) is 7.35. The average Bonchev–Trinajstić information content (AvgIpc) is 2.99. The third-order valence-corrected chi connectivity index (χ3v) is 4.24. The molecule has 0 aromatic heterocycles. The molecule has 0 spiro atoms. The molecule has 2 aliphatic rings. The van der Waals surface area contributed by atoms with E-state index in [9.17, 15) is 0 Å². The van der Waals surface area contributed by atoms with E-state index >= 15 is 0 Å². The second-order valence-corrected chi connectivity index (χ2v) is 5.54. The van der Waals surface area contributed by atoms with Crippen molar-refractivity contribution >= 4 is 5.57 Å². The minimum atomic E-state index is 0.628. The van der Waals surface area contributed by atoms with Gasteiger partial charge in [-0.05, 0) is 43.0 Å². The SMILES string of the molecule is CCOc1cccc(C2=CC(N3CCNCC3)CC2)c1. The third kappa shape index (κ3) is 3.05. The van der Waals surface area contributed by atoms with E-state index in [1.807, 2.05) is 13.0 Å². The lowest BCUT2D eigenvalue weighted by Gasteiger charge is -2.31. The van der Waals surface area contributed by atoms with Gasteiger partial charge in [0.1, 0.15) is 5.75 Å². The van der Waals surface area contributed by atoms with Crippen LogP contribution in [0.4, 0.5) is 0 Å². The Balaban J connectivity index is 1.72. The molecule has 3 nitrogen and oxygen atoms in total. The van der Waals surface area contributed by atoms with Crippen LogP contribution >= 0.6 is 0 Å². The first-order chi connectivity index (χ1) is 9.86. The van der Waals surface area contributed by atoms with Gasteiger partial charge in [0.15, 0.2) is 0 Å². The highest BCUT2D eigenvalue weighted by atomic mass is 16.5. The van der Waals surface area contributed by atoms with Gasteiger partial charge in [0.25, 0.3) is 0 Å². The molecule has 1 unspecified atom stereocenters. The molecule has 1 saturated heterocycles. The lowest BCUT2D eigenvalue weighted by molar-refractivity contribution is 0.200. The normalized spacial score (nSPS) is 23.6. The van der Waals surface area contributed by atoms with Crippen LogP contribution in [-0.4, -0.2) is 43.7 Å². The molecule has 3 rings (SSSR count). The van der Waals surface area contributed by atoms with Crippen molar-refractivity contribution in [1.82, 2.24) is 10.2 Å². The topological polar surface area (TPSA) is 24.5 Å². The molecule has 3 heteroatoms. The average molecular weight is 272 g/mol. The predicted molar refractivity (Wildman–Crippen MR) is 83.1 cm³/mol. The summed E-state index contributed by atoms with van der Waals surface area (Å²) in [6.07, 6.45) is 4.91. The van der Waals surface area contributed by atoms with E-state index in [4.69, 9.17) is 4.74 Å². The lowest BCUT2D eigenvalue weighted by Crippen LogP contribution is -2.47. The minimum absolute atomic E-state index is 0.628. The van der Waals surface area contributed by atoms with Crippen molar-refractivity contribution in [2.45, 2.75) is 25.8 Å². The van der Waals surface area contributed by atoms with E-state index in [1.165, 1.54) is 37.1 Å². The first-order valence-corrected chi connectivity index (χ1v) is 7.75. The summed E-state index contributed by atoms with van der Waals surface area (Å²) in [4.78, 5) is 2.61. The van der Waals surface area contributed by atoms with Gasteiger partial charge in [-0.2, -0.15) is 0 Å². The molecule has 1 aliphatic carbocycles. The largest absolute Gasteiger partial charge is 0.494 e. The number of hydrogen-bond donors (Lipinski definition) is 1. The van der Waals surface area contributed by atoms with E-state index in [2.05, 4.69) is 34.5 Å². The zero-order valence-corrected chi connectivity index (χ0v) is 12.3. The fourth-order valence-electron chi connectivity index (χ4n) is 3.20. The summed E-state index contributed by atoms with van der Waals surface area (Å²) in [5.41, 5.74) is 2.81. The molecule has 1 N–H and O–H groups in total. The van der Waals surface area contributed by atoms with Gasteiger partial charge in [-0.3, -0.25) is 4.90 Å². The quantitative estimate of drug-likeness (QED) is 0.911. The highest BCUT2D eigenvalue weighted by Crippen LogP contribution is 2.32. The summed E-state index contributed by atoms with van der Waals surface area (Å²) in [6, 6.07) is 9.14. The Morgan fingerprint density at radius 3 is 2.95 bits per heavy atom. The molecule has 0 radical (unpaired) electrons. The Hall–Kier alpha value is -1.32. The number of benzene rings is 1. The number of nitrogens with one attached hydrogen (secondary N) is 1. The number of rotatable bonds is 4. The first kappa shape index (κ1) is 13.7. The van der Waals surface area contributed by atoms with Crippen molar-refractivity contribution < 1.29 is 4.74 Å². The van der Waals surface area contributed by atoms with Gasteiger partial charge in [-0.1, -0.05) is 18.2 Å². The molecule has 1 heterocycles. The van der Waals surface area contributed by atoms with Crippen LogP contribution in [0.25, 0.3) is 5.57 Å². The molecule has 1 aromatic carbocycles. The van der Waals surface area contributed by atoms with Crippen LogP contribution in [-0.2, 0) is 0 Å². The van der Waals surface area contributed by atoms with Gasteiger partial charge in [0.05, 0.1) is 6.61 Å². The van der Waals surface area contributed by atoms with Gasteiger partial charge in [0, 0.05) is 32.2 Å². The summed E-state index contributed by atoms with van der Waals surface area (Å²) in [5.74, 6) is 0.983. The molecular formula is C17H24N2O. The van der Waals surface area contributed by atoms with Crippen LogP contribution in [0.1, 0.15) is 25.3 Å². The first-order valence-electron chi connectivity index (χ1n) is 7.75. The second-order valence-electron chi connectivity index (χ2n) is 5.54. The van der Waals surface area contributed by atoms with Crippen molar-refractivity contribution in [1.29, 1.82) is 0 Å². The number of allylic oxidation sites excluding steroid dienone is 1. The van der Waals surface area contributed by atoms with E-state index < -0.39 is 0 Å². The third-order valence-electron chi connectivity index (χ3n) is 4.24. The fourth-order valence-corrected chi connectivity index (χ4v) is 3.20. The molecule has 1 aliphatic heterocycles. The zero-order chi connectivity index (χ0) is 13.8. The molecule has 1 fully saturated rings. The van der Waals surface area contributed by atoms with Crippen molar-refractivity contribution in [3.8, 4) is 5.75 Å². The highest BCUT2D eigenvalue weighted by Gasteiger charge is 2.24. The van der Waals surface area contributed by atoms with Crippen LogP contribution in [0, 0.1) is 0 Å². The van der Waals surface area contributed by atoms with Crippen molar-refractivity contribution in [2.24, 2.45) is 0 Å². The number of nitrogens with zero attached hydrogens (tertiary/aromatic N) is 1. The highest BCUT2D eigenvalue weighted by molar-refractivity contribution is 5.69. The Kier molecular flexibility index (Phi) is 4.38. The molecule has 1 atom stereocenters. The summed E-state index contributed by atoms with van der Waals surface area (Å²) in [5, 5.41) is 3.42. The van der Waals surface area contributed by atoms with Gasteiger partial charge < -0.3 is 10.1 Å². The summed E-state index contributed by atoms with van der Waals surface area (Å²) in [7, 11) is 0. The Morgan fingerprint density at radius 2 is 2.15 bits per heavy atom. The molecular weight excluding hydrogens is 248 g/mol. The Labute approximate surface area is 121 Å². The Morgan fingerprint density at radius 1 is 1.30 bits per heavy atom. The molecule has 108 valence electrons. The molecule has 20 heavy (non-hydrogen) atoms. The second kappa shape index (κ2) is 6.42. The van der Waals surface area contributed by atoms with Crippen LogP contribution < -0.4 is 10.1 Å². The minimum Gasteiger partial charge on any atom is -0.494 e. The molecule has 1 aromatic rings. The van der Waals surface area contributed by atoms with E-state index in [1.54, 1.807) is 0 Å². The van der Waals surface area contributed by atoms with Gasteiger partial charge in [-0.15, -0.1) is 0 Å². The molecule has 0 amide bonds. The van der Waals surface area contributed by atoms with E-state index in [0.717, 1.165) is 25.4 Å². The fraction of sp³-hybridized carbons (Fsp3) is 0.529.